The predicted molar refractivity (Wildman–Crippen MR) is 63.4 cm³/mol. The summed E-state index contributed by atoms with van der Waals surface area (Å²) in [6.07, 6.45) is 0. The lowest BCUT2D eigenvalue weighted by atomic mass is 10.2. The lowest BCUT2D eigenvalue weighted by Gasteiger charge is -2.34. The number of benzene rings is 1. The second kappa shape index (κ2) is 4.01. The molecule has 1 aliphatic heterocycles. The van der Waals surface area contributed by atoms with E-state index < -0.39 is 0 Å². The summed E-state index contributed by atoms with van der Waals surface area (Å²) < 4.78 is 0. The molecule has 76 valence electrons. The summed E-state index contributed by atoms with van der Waals surface area (Å²) >= 11 is 7.77. The summed E-state index contributed by atoms with van der Waals surface area (Å²) in [5, 5.41) is 0.802. The number of rotatable bonds is 1. The first-order valence-electron chi connectivity index (χ1n) is 4.57. The van der Waals surface area contributed by atoms with E-state index in [1.807, 2.05) is 23.9 Å². The third-order valence-corrected chi connectivity index (χ3v) is 3.98. The molecule has 0 bridgehead atoms. The van der Waals surface area contributed by atoms with Crippen LogP contribution in [0.4, 0.5) is 5.69 Å². The van der Waals surface area contributed by atoms with Crippen LogP contribution in [0.5, 0.6) is 0 Å². The monoisotopic (exact) mass is 228 g/mol. The third kappa shape index (κ3) is 1.72. The van der Waals surface area contributed by atoms with E-state index in [1.54, 1.807) is 0 Å². The highest BCUT2D eigenvalue weighted by molar-refractivity contribution is 7.99. The Balaban J connectivity index is 2.36. The fraction of sp³-hybridized carbons (Fsp3) is 0.400. The highest BCUT2D eigenvalue weighted by atomic mass is 35.5. The smallest absolute Gasteiger partial charge is 0.0506 e. The molecule has 0 aromatic heterocycles. The minimum Gasteiger partial charge on any atom is -0.369 e. The van der Waals surface area contributed by atoms with Gasteiger partial charge in [0.2, 0.25) is 0 Å². The van der Waals surface area contributed by atoms with Crippen molar-refractivity contribution in [1.29, 1.82) is 0 Å². The van der Waals surface area contributed by atoms with E-state index in [4.69, 9.17) is 17.3 Å². The fourth-order valence-electron chi connectivity index (χ4n) is 1.62. The van der Waals surface area contributed by atoms with E-state index in [0.29, 0.717) is 12.6 Å². The van der Waals surface area contributed by atoms with Gasteiger partial charge >= 0.3 is 0 Å². The lowest BCUT2D eigenvalue weighted by molar-refractivity contribution is 0.692. The van der Waals surface area contributed by atoms with Gasteiger partial charge in [0.1, 0.15) is 0 Å². The first-order chi connectivity index (χ1) is 6.72. The molecule has 2 rings (SSSR count). The molecule has 0 fully saturated rings. The van der Waals surface area contributed by atoms with E-state index in [9.17, 15) is 0 Å². The summed E-state index contributed by atoms with van der Waals surface area (Å²) in [6, 6.07) is 6.45. The second-order valence-corrected chi connectivity index (χ2v) is 4.92. The number of likely N-dealkylation sites (N-methyl/N-ethyl adjacent to an activating group) is 1. The molecule has 0 spiro atoms. The number of nitrogens with zero attached hydrogens (tertiary/aromatic N) is 1. The number of halogens is 1. The molecule has 1 unspecified atom stereocenters. The highest BCUT2D eigenvalue weighted by Gasteiger charge is 2.22. The molecule has 2 nitrogen and oxygen atoms in total. The minimum absolute atomic E-state index is 0.439. The summed E-state index contributed by atoms with van der Waals surface area (Å²) in [5.74, 6) is 1.04. The number of fused-ring (bicyclic) bond motifs is 1. The van der Waals surface area contributed by atoms with Gasteiger partial charge in [-0.2, -0.15) is 0 Å². The Kier molecular flexibility index (Phi) is 2.91. The molecule has 1 aliphatic rings. The highest BCUT2D eigenvalue weighted by Crippen LogP contribution is 2.37. The van der Waals surface area contributed by atoms with Gasteiger partial charge in [-0.1, -0.05) is 11.6 Å². The molecular weight excluding hydrogens is 216 g/mol. The van der Waals surface area contributed by atoms with Gasteiger partial charge in [0.05, 0.1) is 11.7 Å². The zero-order chi connectivity index (χ0) is 10.1. The molecule has 1 atom stereocenters. The molecule has 0 aliphatic carbocycles. The van der Waals surface area contributed by atoms with E-state index in [2.05, 4.69) is 18.0 Å². The van der Waals surface area contributed by atoms with Crippen LogP contribution in [0.3, 0.4) is 0 Å². The first kappa shape index (κ1) is 10.1. The van der Waals surface area contributed by atoms with Crippen molar-refractivity contribution in [3.05, 3.63) is 23.2 Å². The van der Waals surface area contributed by atoms with Crippen molar-refractivity contribution in [2.45, 2.75) is 10.9 Å². The molecule has 14 heavy (non-hydrogen) atoms. The number of anilines is 1. The third-order valence-electron chi connectivity index (χ3n) is 2.55. The Hall–Kier alpha value is -0.380. The van der Waals surface area contributed by atoms with Crippen molar-refractivity contribution in [2.75, 3.05) is 24.2 Å². The lowest BCUT2D eigenvalue weighted by Crippen LogP contribution is -2.42. The van der Waals surface area contributed by atoms with E-state index in [0.717, 1.165) is 10.8 Å². The molecule has 0 amide bonds. The SMILES string of the molecule is CN1c2ccc(Cl)cc2SCC1CN. The summed E-state index contributed by atoms with van der Waals surface area (Å²) in [6.45, 7) is 0.700. The van der Waals surface area contributed by atoms with E-state index >= 15 is 0 Å². The first-order valence-corrected chi connectivity index (χ1v) is 5.94. The topological polar surface area (TPSA) is 29.3 Å². The molecule has 2 N–H and O–H groups in total. The Labute approximate surface area is 93.4 Å². The van der Waals surface area contributed by atoms with Crippen LogP contribution < -0.4 is 10.6 Å². The van der Waals surface area contributed by atoms with E-state index in [-0.39, 0.29) is 0 Å². The van der Waals surface area contributed by atoms with Crippen LogP contribution >= 0.6 is 23.4 Å². The normalized spacial score (nSPS) is 20.8. The van der Waals surface area contributed by atoms with Gasteiger partial charge in [-0.15, -0.1) is 11.8 Å². The standard InChI is InChI=1S/C10H13ClN2S/c1-13-8(5-12)6-14-10-4-7(11)2-3-9(10)13/h2-4,8H,5-6,12H2,1H3. The number of nitrogens with two attached hydrogens (primary N) is 1. The maximum Gasteiger partial charge on any atom is 0.0506 e. The van der Waals surface area contributed by atoms with Crippen LogP contribution in [0, 0.1) is 0 Å². The summed E-state index contributed by atoms with van der Waals surface area (Å²) in [7, 11) is 2.09. The van der Waals surface area contributed by atoms with Gasteiger partial charge in [0.25, 0.3) is 0 Å². The molecular formula is C10H13ClN2S. The molecule has 1 aromatic carbocycles. The number of hydrogen-bond acceptors (Lipinski definition) is 3. The number of thioether (sulfide) groups is 1. The van der Waals surface area contributed by atoms with Crippen LogP contribution in [0.1, 0.15) is 0 Å². The van der Waals surface area contributed by atoms with Crippen LogP contribution in [0.2, 0.25) is 5.02 Å². The summed E-state index contributed by atoms with van der Waals surface area (Å²) in [5.41, 5.74) is 6.94. The molecule has 0 radical (unpaired) electrons. The summed E-state index contributed by atoms with van der Waals surface area (Å²) in [4.78, 5) is 3.49. The van der Waals surface area contributed by atoms with Crippen LogP contribution in [-0.2, 0) is 0 Å². The Morgan fingerprint density at radius 3 is 3.14 bits per heavy atom. The van der Waals surface area contributed by atoms with Gasteiger partial charge in [0.15, 0.2) is 0 Å². The van der Waals surface area contributed by atoms with E-state index in [1.165, 1.54) is 10.6 Å². The fourth-order valence-corrected chi connectivity index (χ4v) is 3.15. The van der Waals surface area contributed by atoms with Crippen molar-refractivity contribution < 1.29 is 0 Å². The van der Waals surface area contributed by atoms with Gasteiger partial charge in [-0.05, 0) is 18.2 Å². The molecule has 0 saturated heterocycles. The van der Waals surface area contributed by atoms with Crippen molar-refractivity contribution in [3.8, 4) is 0 Å². The minimum atomic E-state index is 0.439. The zero-order valence-electron chi connectivity index (χ0n) is 8.03. The van der Waals surface area contributed by atoms with Crippen LogP contribution in [-0.4, -0.2) is 25.4 Å². The van der Waals surface area contributed by atoms with Gasteiger partial charge in [-0.25, -0.2) is 0 Å². The molecule has 1 heterocycles. The van der Waals surface area contributed by atoms with Crippen LogP contribution in [0.15, 0.2) is 23.1 Å². The van der Waals surface area contributed by atoms with Crippen molar-refractivity contribution in [3.63, 3.8) is 0 Å². The van der Waals surface area contributed by atoms with Crippen LogP contribution in [0.25, 0.3) is 0 Å². The Bertz CT molecular complexity index is 343. The van der Waals surface area contributed by atoms with Gasteiger partial charge in [0, 0.05) is 29.3 Å². The predicted octanol–water partition coefficient (Wildman–Crippen LogP) is 2.21. The second-order valence-electron chi connectivity index (χ2n) is 3.42. The zero-order valence-corrected chi connectivity index (χ0v) is 9.61. The molecule has 4 heteroatoms. The molecule has 0 saturated carbocycles. The van der Waals surface area contributed by atoms with Gasteiger partial charge in [-0.3, -0.25) is 0 Å². The average Bonchev–Trinajstić information content (AvgIpc) is 2.18. The van der Waals surface area contributed by atoms with Crippen molar-refractivity contribution in [2.24, 2.45) is 5.73 Å². The average molecular weight is 229 g/mol. The maximum atomic E-state index is 5.94. The van der Waals surface area contributed by atoms with Crippen molar-refractivity contribution in [1.82, 2.24) is 0 Å². The molecule has 1 aromatic rings. The quantitative estimate of drug-likeness (QED) is 0.799. The maximum absolute atomic E-state index is 5.94. The Morgan fingerprint density at radius 1 is 1.64 bits per heavy atom. The van der Waals surface area contributed by atoms with Gasteiger partial charge < -0.3 is 10.6 Å². The Morgan fingerprint density at radius 2 is 2.43 bits per heavy atom. The van der Waals surface area contributed by atoms with Crippen molar-refractivity contribution >= 4 is 29.1 Å². The largest absolute Gasteiger partial charge is 0.369 e. The number of hydrogen-bond donors (Lipinski definition) is 1.